The molecule has 0 aromatic heterocycles. The van der Waals surface area contributed by atoms with Crippen LogP contribution in [-0.2, 0) is 9.53 Å². The van der Waals surface area contributed by atoms with Crippen LogP contribution in [0.25, 0.3) is 0 Å². The Hall–Kier alpha value is -1.94. The number of esters is 1. The van der Waals surface area contributed by atoms with Crippen molar-refractivity contribution in [2.45, 2.75) is 78.0 Å². The van der Waals surface area contributed by atoms with E-state index in [1.807, 2.05) is 19.1 Å². The quantitative estimate of drug-likeness (QED) is 0.313. The number of rotatable bonds is 6. The zero-order valence-electron chi connectivity index (χ0n) is 19.2. The van der Waals surface area contributed by atoms with Gasteiger partial charge < -0.3 is 9.84 Å². The molecule has 3 aliphatic carbocycles. The summed E-state index contributed by atoms with van der Waals surface area (Å²) in [5.41, 5.74) is 4.41. The van der Waals surface area contributed by atoms with Gasteiger partial charge in [-0.25, -0.2) is 9.18 Å². The van der Waals surface area contributed by atoms with Crippen molar-refractivity contribution in [3.63, 3.8) is 0 Å². The van der Waals surface area contributed by atoms with Crippen molar-refractivity contribution in [1.29, 1.82) is 0 Å². The second-order valence-electron chi connectivity index (χ2n) is 9.53. The first-order valence-corrected chi connectivity index (χ1v) is 11.7. The molecule has 0 radical (unpaired) electrons. The minimum Gasteiger partial charge on any atom is -0.463 e. The molecule has 0 aromatic rings. The van der Waals surface area contributed by atoms with E-state index in [0.29, 0.717) is 30.4 Å². The van der Waals surface area contributed by atoms with Gasteiger partial charge in [0.2, 0.25) is 0 Å². The Bertz CT molecular complexity index is 818. The molecule has 170 valence electrons. The monoisotopic (exact) mass is 428 g/mol. The number of halogens is 1. The minimum absolute atomic E-state index is 0.130. The number of fused-ring (bicyclic) bond motifs is 1. The van der Waals surface area contributed by atoms with E-state index in [2.05, 4.69) is 32.6 Å². The number of carbonyl (C=O) groups excluding carboxylic acids is 1. The normalized spacial score (nSPS) is 34.8. The topological polar surface area (TPSA) is 46.5 Å². The molecule has 31 heavy (non-hydrogen) atoms. The fraction of sp³-hybridized carbons (Fsp3) is 0.593. The van der Waals surface area contributed by atoms with Crippen LogP contribution in [0, 0.1) is 17.3 Å². The van der Waals surface area contributed by atoms with E-state index < -0.39 is 12.3 Å². The molecule has 2 saturated carbocycles. The number of hydrogen-bond donors (Lipinski definition) is 1. The van der Waals surface area contributed by atoms with Gasteiger partial charge in [-0.2, -0.15) is 0 Å². The van der Waals surface area contributed by atoms with Crippen LogP contribution in [0.5, 0.6) is 0 Å². The van der Waals surface area contributed by atoms with Crippen LogP contribution < -0.4 is 0 Å². The van der Waals surface area contributed by atoms with Crippen molar-refractivity contribution >= 4 is 5.97 Å². The highest BCUT2D eigenvalue weighted by atomic mass is 19.1. The Morgan fingerprint density at radius 2 is 2.23 bits per heavy atom. The van der Waals surface area contributed by atoms with Crippen LogP contribution in [0.3, 0.4) is 0 Å². The number of aliphatic hydroxyl groups excluding tert-OH is 1. The highest BCUT2D eigenvalue weighted by Crippen LogP contribution is 2.56. The largest absolute Gasteiger partial charge is 0.463 e. The Balaban J connectivity index is 1.71. The van der Waals surface area contributed by atoms with Crippen molar-refractivity contribution in [2.75, 3.05) is 6.61 Å². The van der Waals surface area contributed by atoms with E-state index in [1.165, 1.54) is 23.6 Å². The van der Waals surface area contributed by atoms with E-state index in [0.717, 1.165) is 31.3 Å². The van der Waals surface area contributed by atoms with Gasteiger partial charge in [-0.05, 0) is 73.8 Å². The Kier molecular flexibility index (Phi) is 7.74. The summed E-state index contributed by atoms with van der Waals surface area (Å²) < 4.78 is 19.1. The van der Waals surface area contributed by atoms with Crippen LogP contribution in [0.15, 0.2) is 59.3 Å². The van der Waals surface area contributed by atoms with E-state index >= 15 is 0 Å². The third-order valence-electron chi connectivity index (χ3n) is 7.40. The lowest BCUT2D eigenvalue weighted by Gasteiger charge is -2.42. The van der Waals surface area contributed by atoms with Gasteiger partial charge in [0.15, 0.2) is 0 Å². The van der Waals surface area contributed by atoms with E-state index in [4.69, 9.17) is 4.74 Å². The zero-order chi connectivity index (χ0) is 22.6. The zero-order valence-corrected chi connectivity index (χ0v) is 19.2. The number of hydrogen-bond acceptors (Lipinski definition) is 3. The molecular weight excluding hydrogens is 391 g/mol. The summed E-state index contributed by atoms with van der Waals surface area (Å²) in [6.07, 6.45) is 14.2. The fourth-order valence-electron chi connectivity index (χ4n) is 5.73. The molecule has 3 rings (SSSR count). The summed E-state index contributed by atoms with van der Waals surface area (Å²) in [5, 5.41) is 9.94. The smallest absolute Gasteiger partial charge is 0.330 e. The average molecular weight is 429 g/mol. The van der Waals surface area contributed by atoms with Gasteiger partial charge in [-0.1, -0.05) is 55.9 Å². The molecule has 0 aromatic carbocycles. The van der Waals surface area contributed by atoms with Crippen LogP contribution in [0.4, 0.5) is 4.39 Å². The van der Waals surface area contributed by atoms with Gasteiger partial charge >= 0.3 is 5.97 Å². The second-order valence-corrected chi connectivity index (χ2v) is 9.53. The second kappa shape index (κ2) is 10.1. The molecule has 3 nitrogen and oxygen atoms in total. The van der Waals surface area contributed by atoms with E-state index in [9.17, 15) is 14.3 Å². The standard InChI is InChI=1S/C27H37FO3/c1-5-31-26(30)10-6-8-18(2)23-13-14-24-20(9-7-15-27(23,24)4)11-12-21-16-22(29)17-25(28)19(21)3/h6,10-13,18,22,24-25,29H,3,5,7-9,14-17H2,1-2,4H3. The van der Waals surface area contributed by atoms with E-state index in [-0.39, 0.29) is 17.8 Å². The molecule has 3 aliphatic rings. The fourth-order valence-corrected chi connectivity index (χ4v) is 5.73. The predicted octanol–water partition coefficient (Wildman–Crippen LogP) is 6.17. The molecule has 1 N–H and O–H groups in total. The lowest BCUT2D eigenvalue weighted by atomic mass is 9.62. The summed E-state index contributed by atoms with van der Waals surface area (Å²) in [6, 6.07) is 0. The van der Waals surface area contributed by atoms with E-state index in [1.54, 1.807) is 0 Å². The van der Waals surface area contributed by atoms with Crippen molar-refractivity contribution < 1.29 is 19.0 Å². The first-order valence-electron chi connectivity index (χ1n) is 11.7. The highest BCUT2D eigenvalue weighted by Gasteiger charge is 2.45. The van der Waals surface area contributed by atoms with Gasteiger partial charge in [-0.3, -0.25) is 0 Å². The molecule has 0 heterocycles. The van der Waals surface area contributed by atoms with Crippen LogP contribution in [0.2, 0.25) is 0 Å². The third kappa shape index (κ3) is 5.28. The average Bonchev–Trinajstić information content (AvgIpc) is 3.07. The molecule has 0 amide bonds. The van der Waals surface area contributed by atoms with Gasteiger partial charge in [0.05, 0.1) is 12.7 Å². The number of ether oxygens (including phenoxy) is 1. The molecular formula is C27H37FO3. The lowest BCUT2D eigenvalue weighted by molar-refractivity contribution is -0.137. The molecule has 0 saturated heterocycles. The van der Waals surface area contributed by atoms with Gasteiger partial charge in [0.25, 0.3) is 0 Å². The van der Waals surface area contributed by atoms with Crippen molar-refractivity contribution in [3.05, 3.63) is 59.3 Å². The number of aliphatic hydroxyl groups is 1. The highest BCUT2D eigenvalue weighted by molar-refractivity contribution is 5.81. The SMILES string of the molecule is C=C1C(=CC=C2CCCC3(C)C(C(C)CC=CC(=O)OCC)=CCC23)CC(O)CC1F. The van der Waals surface area contributed by atoms with Gasteiger partial charge in [0.1, 0.15) is 6.17 Å². The van der Waals surface area contributed by atoms with Crippen molar-refractivity contribution in [1.82, 2.24) is 0 Å². The van der Waals surface area contributed by atoms with Crippen LogP contribution in [0.1, 0.15) is 65.7 Å². The van der Waals surface area contributed by atoms with Gasteiger partial charge in [0, 0.05) is 12.5 Å². The molecule has 4 heteroatoms. The summed E-state index contributed by atoms with van der Waals surface area (Å²) in [5.74, 6) is 0.562. The molecule has 5 atom stereocenters. The summed E-state index contributed by atoms with van der Waals surface area (Å²) >= 11 is 0. The molecule has 0 aliphatic heterocycles. The number of allylic oxidation sites excluding steroid dienone is 7. The van der Waals surface area contributed by atoms with Crippen molar-refractivity contribution in [3.8, 4) is 0 Å². The predicted molar refractivity (Wildman–Crippen MR) is 123 cm³/mol. The number of carbonyl (C=O) groups is 1. The first-order chi connectivity index (χ1) is 14.8. The maximum Gasteiger partial charge on any atom is 0.330 e. The Labute approximate surface area is 186 Å². The van der Waals surface area contributed by atoms with Crippen LogP contribution in [-0.4, -0.2) is 30.0 Å². The van der Waals surface area contributed by atoms with Crippen molar-refractivity contribution in [2.24, 2.45) is 17.3 Å². The summed E-state index contributed by atoms with van der Waals surface area (Å²) in [7, 11) is 0. The maximum atomic E-state index is 14.1. The third-order valence-corrected chi connectivity index (χ3v) is 7.40. The molecule has 0 spiro atoms. The lowest BCUT2D eigenvalue weighted by Crippen LogP contribution is -2.32. The Morgan fingerprint density at radius 1 is 1.45 bits per heavy atom. The van der Waals surface area contributed by atoms with Gasteiger partial charge in [-0.15, -0.1) is 0 Å². The molecule has 2 fully saturated rings. The summed E-state index contributed by atoms with van der Waals surface area (Å²) in [4.78, 5) is 11.6. The Morgan fingerprint density at radius 3 is 2.97 bits per heavy atom. The number of alkyl halides is 1. The molecule has 5 unspecified atom stereocenters. The first kappa shape index (κ1) is 23.7. The molecule has 0 bridgehead atoms. The maximum absolute atomic E-state index is 14.1. The summed E-state index contributed by atoms with van der Waals surface area (Å²) in [6.45, 7) is 10.7. The van der Waals surface area contributed by atoms with Crippen LogP contribution >= 0.6 is 0 Å². The minimum atomic E-state index is -1.15.